The van der Waals surface area contributed by atoms with E-state index >= 15 is 0 Å². The van der Waals surface area contributed by atoms with Crippen LogP contribution < -0.4 is 16.2 Å². The van der Waals surface area contributed by atoms with Crippen LogP contribution in [0.3, 0.4) is 0 Å². The number of carbonyl (C=O) groups excluding carboxylic acids is 3. The van der Waals surface area contributed by atoms with Crippen LogP contribution in [0.25, 0.3) is 0 Å². The van der Waals surface area contributed by atoms with Crippen LogP contribution in [0, 0.1) is 11.6 Å². The van der Waals surface area contributed by atoms with E-state index < -0.39 is 41.5 Å². The first-order chi connectivity index (χ1) is 12.3. The zero-order valence-electron chi connectivity index (χ0n) is 12.9. The highest BCUT2D eigenvalue weighted by Gasteiger charge is 2.15. The van der Waals surface area contributed by atoms with E-state index in [2.05, 4.69) is 10.7 Å². The van der Waals surface area contributed by atoms with Crippen molar-refractivity contribution >= 4 is 40.9 Å². The summed E-state index contributed by atoms with van der Waals surface area (Å²) in [6, 6.07) is 6.61. The van der Waals surface area contributed by atoms with Gasteiger partial charge in [0, 0.05) is 11.1 Å². The summed E-state index contributed by atoms with van der Waals surface area (Å²) < 4.78 is 26.3. The number of hydrogen-bond donors (Lipinski definition) is 3. The molecule has 2 aromatic rings. The van der Waals surface area contributed by atoms with Gasteiger partial charge in [0.2, 0.25) is 0 Å². The lowest BCUT2D eigenvalue weighted by molar-refractivity contribution is -0.120. The summed E-state index contributed by atoms with van der Waals surface area (Å²) in [5, 5.41) is 2.53. The molecule has 0 saturated heterocycles. The third-order valence-electron chi connectivity index (χ3n) is 3.07. The van der Waals surface area contributed by atoms with Gasteiger partial charge >= 0.3 is 0 Å². The Bertz CT molecular complexity index is 878. The third kappa shape index (κ3) is 5.14. The van der Waals surface area contributed by atoms with Crippen molar-refractivity contribution in [3.8, 4) is 0 Å². The third-order valence-corrected chi connectivity index (χ3v) is 3.64. The van der Waals surface area contributed by atoms with Gasteiger partial charge in [0.1, 0.15) is 11.6 Å². The molecule has 0 saturated carbocycles. The maximum absolute atomic E-state index is 13.5. The average Bonchev–Trinajstić information content (AvgIpc) is 2.59. The molecular weight excluding hydrogens is 391 g/mol. The fourth-order valence-electron chi connectivity index (χ4n) is 1.84. The van der Waals surface area contributed by atoms with Crippen LogP contribution in [0.4, 0.5) is 8.78 Å². The quantitative estimate of drug-likeness (QED) is 0.687. The molecule has 136 valence electrons. The molecule has 2 rings (SSSR count). The number of halogens is 4. The fourth-order valence-corrected chi connectivity index (χ4v) is 2.21. The van der Waals surface area contributed by atoms with Gasteiger partial charge in [-0.25, -0.2) is 8.78 Å². The van der Waals surface area contributed by atoms with Crippen molar-refractivity contribution in [3.05, 3.63) is 69.2 Å². The van der Waals surface area contributed by atoms with Crippen molar-refractivity contribution < 1.29 is 23.2 Å². The molecule has 0 atom stereocenters. The average molecular weight is 402 g/mol. The highest BCUT2D eigenvalue weighted by Crippen LogP contribution is 2.20. The van der Waals surface area contributed by atoms with Gasteiger partial charge in [-0.1, -0.05) is 23.2 Å². The molecule has 0 radical (unpaired) electrons. The van der Waals surface area contributed by atoms with Crippen LogP contribution in [0.5, 0.6) is 0 Å². The molecule has 3 amide bonds. The van der Waals surface area contributed by atoms with Crippen LogP contribution in [0.2, 0.25) is 10.0 Å². The predicted octanol–water partition coefficient (Wildman–Crippen LogP) is 2.46. The van der Waals surface area contributed by atoms with E-state index in [1.165, 1.54) is 18.2 Å². The summed E-state index contributed by atoms with van der Waals surface area (Å²) >= 11 is 11.6. The maximum atomic E-state index is 13.5. The summed E-state index contributed by atoms with van der Waals surface area (Å²) in [6.07, 6.45) is 0. The van der Waals surface area contributed by atoms with E-state index in [1.807, 2.05) is 5.43 Å². The second kappa shape index (κ2) is 8.59. The molecule has 26 heavy (non-hydrogen) atoms. The number of hydrazine groups is 1. The first kappa shape index (κ1) is 19.6. The van der Waals surface area contributed by atoms with E-state index in [0.29, 0.717) is 6.07 Å². The second-order valence-corrected chi connectivity index (χ2v) is 5.78. The monoisotopic (exact) mass is 401 g/mol. The van der Waals surface area contributed by atoms with Crippen LogP contribution in [-0.2, 0) is 4.79 Å². The van der Waals surface area contributed by atoms with E-state index in [1.54, 1.807) is 0 Å². The second-order valence-electron chi connectivity index (χ2n) is 4.93. The zero-order chi connectivity index (χ0) is 19.3. The number of amides is 3. The molecule has 0 fully saturated rings. The standard InChI is InChI=1S/C16H11Cl2F2N3O3/c17-8-1-4-12(18)11(5-8)16(26)23-22-14(24)7-21-15(25)10-3-2-9(19)6-13(10)20/h1-6H,7H2,(H,21,25)(H,22,24)(H,23,26). The molecular formula is C16H11Cl2F2N3O3. The Kier molecular flexibility index (Phi) is 6.48. The summed E-state index contributed by atoms with van der Waals surface area (Å²) in [4.78, 5) is 35.3. The summed E-state index contributed by atoms with van der Waals surface area (Å²) in [5.74, 6) is -4.32. The van der Waals surface area contributed by atoms with Gasteiger partial charge in [-0.15, -0.1) is 0 Å². The van der Waals surface area contributed by atoms with E-state index in [-0.39, 0.29) is 15.6 Å². The molecule has 0 bridgehead atoms. The molecule has 10 heteroatoms. The Morgan fingerprint density at radius 1 is 0.885 bits per heavy atom. The Morgan fingerprint density at radius 3 is 2.31 bits per heavy atom. The lowest BCUT2D eigenvalue weighted by atomic mass is 10.2. The molecule has 0 unspecified atom stereocenters. The van der Waals surface area contributed by atoms with Gasteiger partial charge in [-0.05, 0) is 30.3 Å². The van der Waals surface area contributed by atoms with Gasteiger partial charge in [0.25, 0.3) is 17.7 Å². The van der Waals surface area contributed by atoms with Crippen molar-refractivity contribution in [2.24, 2.45) is 0 Å². The molecule has 6 nitrogen and oxygen atoms in total. The lowest BCUT2D eigenvalue weighted by Crippen LogP contribution is -2.46. The number of hydrogen-bond acceptors (Lipinski definition) is 3. The van der Waals surface area contributed by atoms with Crippen molar-refractivity contribution in [1.82, 2.24) is 16.2 Å². The number of nitrogens with one attached hydrogen (secondary N) is 3. The largest absolute Gasteiger partial charge is 0.343 e. The predicted molar refractivity (Wildman–Crippen MR) is 90.8 cm³/mol. The van der Waals surface area contributed by atoms with E-state index in [4.69, 9.17) is 23.2 Å². The number of carbonyl (C=O) groups is 3. The number of rotatable bonds is 4. The van der Waals surface area contributed by atoms with Gasteiger partial charge in [-0.3, -0.25) is 25.2 Å². The van der Waals surface area contributed by atoms with Crippen molar-refractivity contribution in [3.63, 3.8) is 0 Å². The minimum atomic E-state index is -1.06. The Labute approximate surface area is 156 Å². The lowest BCUT2D eigenvalue weighted by Gasteiger charge is -2.10. The van der Waals surface area contributed by atoms with Gasteiger partial charge in [0.05, 0.1) is 22.7 Å². The number of benzene rings is 2. The molecule has 0 heterocycles. The molecule has 0 aromatic heterocycles. The molecule has 0 spiro atoms. The van der Waals surface area contributed by atoms with Gasteiger partial charge < -0.3 is 5.32 Å². The highest BCUT2D eigenvalue weighted by molar-refractivity contribution is 6.35. The molecule has 3 N–H and O–H groups in total. The maximum Gasteiger partial charge on any atom is 0.271 e. The first-order valence-electron chi connectivity index (χ1n) is 7.05. The first-order valence-corrected chi connectivity index (χ1v) is 7.81. The topological polar surface area (TPSA) is 87.3 Å². The molecule has 2 aromatic carbocycles. The Balaban J connectivity index is 1.86. The normalized spacial score (nSPS) is 10.2. The van der Waals surface area contributed by atoms with Gasteiger partial charge in [0.15, 0.2) is 0 Å². The van der Waals surface area contributed by atoms with Crippen molar-refractivity contribution in [2.75, 3.05) is 6.54 Å². The van der Waals surface area contributed by atoms with Crippen LogP contribution in [0.15, 0.2) is 36.4 Å². The fraction of sp³-hybridized carbons (Fsp3) is 0.0625. The minimum Gasteiger partial charge on any atom is -0.343 e. The van der Waals surface area contributed by atoms with E-state index in [9.17, 15) is 23.2 Å². The Morgan fingerprint density at radius 2 is 1.62 bits per heavy atom. The van der Waals surface area contributed by atoms with Crippen molar-refractivity contribution in [1.29, 1.82) is 0 Å². The smallest absolute Gasteiger partial charge is 0.271 e. The van der Waals surface area contributed by atoms with Crippen LogP contribution >= 0.6 is 23.2 Å². The molecule has 0 aliphatic rings. The zero-order valence-corrected chi connectivity index (χ0v) is 14.4. The van der Waals surface area contributed by atoms with E-state index in [0.717, 1.165) is 12.1 Å². The highest BCUT2D eigenvalue weighted by atomic mass is 35.5. The Hall–Kier alpha value is -2.71. The minimum absolute atomic E-state index is 0.0388. The summed E-state index contributed by atoms with van der Waals surface area (Å²) in [5.41, 5.74) is 3.76. The van der Waals surface area contributed by atoms with Crippen LogP contribution in [-0.4, -0.2) is 24.3 Å². The van der Waals surface area contributed by atoms with Gasteiger partial charge in [-0.2, -0.15) is 0 Å². The SMILES string of the molecule is O=C(CNC(=O)c1ccc(F)cc1F)NNC(=O)c1cc(Cl)ccc1Cl. The van der Waals surface area contributed by atoms with Crippen LogP contribution in [0.1, 0.15) is 20.7 Å². The molecule has 0 aliphatic heterocycles. The summed E-state index contributed by atoms with van der Waals surface area (Å²) in [6.45, 7) is -0.556. The summed E-state index contributed by atoms with van der Waals surface area (Å²) in [7, 11) is 0. The molecule has 0 aliphatic carbocycles. The van der Waals surface area contributed by atoms with Crippen molar-refractivity contribution in [2.45, 2.75) is 0 Å².